The minimum absolute atomic E-state index is 0.0822. The van der Waals surface area contributed by atoms with E-state index in [1.807, 2.05) is 0 Å². The van der Waals surface area contributed by atoms with Gasteiger partial charge in [0.25, 0.3) is 5.91 Å². The number of carboxylic acid groups (broad SMARTS) is 1. The van der Waals surface area contributed by atoms with E-state index in [1.165, 1.54) is 18.3 Å². The van der Waals surface area contributed by atoms with Crippen molar-refractivity contribution in [1.82, 2.24) is 9.88 Å². The molecule has 18 heavy (non-hydrogen) atoms. The Labute approximate surface area is 104 Å². The lowest BCUT2D eigenvalue weighted by Gasteiger charge is -2.15. The second kappa shape index (κ2) is 5.14. The molecule has 2 heterocycles. The quantitative estimate of drug-likeness (QED) is 0.801. The first kappa shape index (κ1) is 12.5. The SMILES string of the molecule is O=C(O)c1ccc(C(=O)N2CCC(CO)C2)cn1. The van der Waals surface area contributed by atoms with E-state index in [4.69, 9.17) is 10.2 Å². The van der Waals surface area contributed by atoms with Crippen molar-refractivity contribution in [2.24, 2.45) is 5.92 Å². The Kier molecular flexibility index (Phi) is 3.57. The van der Waals surface area contributed by atoms with Gasteiger partial charge in [-0.05, 0) is 18.6 Å². The highest BCUT2D eigenvalue weighted by Crippen LogP contribution is 2.17. The molecule has 2 rings (SSSR count). The Morgan fingerprint density at radius 2 is 2.22 bits per heavy atom. The molecule has 1 fully saturated rings. The van der Waals surface area contributed by atoms with Crippen LogP contribution in [0.15, 0.2) is 18.3 Å². The van der Waals surface area contributed by atoms with Gasteiger partial charge < -0.3 is 15.1 Å². The number of pyridine rings is 1. The second-order valence-electron chi connectivity index (χ2n) is 4.33. The molecule has 6 nitrogen and oxygen atoms in total. The summed E-state index contributed by atoms with van der Waals surface area (Å²) in [4.78, 5) is 28.0. The van der Waals surface area contributed by atoms with Crippen LogP contribution in [0.1, 0.15) is 27.3 Å². The highest BCUT2D eigenvalue weighted by molar-refractivity contribution is 5.95. The third kappa shape index (κ3) is 2.48. The van der Waals surface area contributed by atoms with Crippen molar-refractivity contribution in [3.8, 4) is 0 Å². The van der Waals surface area contributed by atoms with Gasteiger partial charge in [-0.25, -0.2) is 9.78 Å². The molecular formula is C12H14N2O4. The number of aromatic carboxylic acids is 1. The molecule has 1 unspecified atom stereocenters. The summed E-state index contributed by atoms with van der Waals surface area (Å²) in [6.07, 6.45) is 2.07. The summed E-state index contributed by atoms with van der Waals surface area (Å²) < 4.78 is 0. The Balaban J connectivity index is 2.07. The normalized spacial score (nSPS) is 18.9. The topological polar surface area (TPSA) is 90.7 Å². The maximum atomic E-state index is 12.0. The number of carbonyl (C=O) groups is 2. The average molecular weight is 250 g/mol. The molecule has 1 aliphatic heterocycles. The van der Waals surface area contributed by atoms with Crippen LogP contribution < -0.4 is 0 Å². The van der Waals surface area contributed by atoms with Gasteiger partial charge in [-0.2, -0.15) is 0 Å². The van der Waals surface area contributed by atoms with Crippen molar-refractivity contribution >= 4 is 11.9 Å². The van der Waals surface area contributed by atoms with Crippen molar-refractivity contribution in [3.63, 3.8) is 0 Å². The fourth-order valence-corrected chi connectivity index (χ4v) is 2.00. The van der Waals surface area contributed by atoms with Crippen LogP contribution in [0.4, 0.5) is 0 Å². The predicted octanol–water partition coefficient (Wildman–Crippen LogP) is 0.234. The molecule has 0 bridgehead atoms. The summed E-state index contributed by atoms with van der Waals surface area (Å²) in [5, 5.41) is 17.7. The van der Waals surface area contributed by atoms with E-state index in [1.54, 1.807) is 4.90 Å². The molecule has 1 atom stereocenters. The number of aromatic nitrogens is 1. The number of hydrogen-bond donors (Lipinski definition) is 2. The van der Waals surface area contributed by atoms with E-state index < -0.39 is 5.97 Å². The van der Waals surface area contributed by atoms with Crippen LogP contribution in [0.3, 0.4) is 0 Å². The van der Waals surface area contributed by atoms with Gasteiger partial charge in [0.05, 0.1) is 5.56 Å². The van der Waals surface area contributed by atoms with Crippen LogP contribution in [0, 0.1) is 5.92 Å². The van der Waals surface area contributed by atoms with E-state index in [-0.39, 0.29) is 24.1 Å². The van der Waals surface area contributed by atoms with Crippen LogP contribution in [0.25, 0.3) is 0 Å². The molecule has 0 radical (unpaired) electrons. The first-order valence-corrected chi connectivity index (χ1v) is 5.71. The Bertz CT molecular complexity index is 458. The highest BCUT2D eigenvalue weighted by atomic mass is 16.4. The number of hydrogen-bond acceptors (Lipinski definition) is 4. The summed E-state index contributed by atoms with van der Waals surface area (Å²) in [6, 6.07) is 2.78. The molecular weight excluding hydrogens is 236 g/mol. The molecule has 1 amide bonds. The fourth-order valence-electron chi connectivity index (χ4n) is 2.00. The van der Waals surface area contributed by atoms with Crippen LogP contribution in [-0.2, 0) is 0 Å². The lowest BCUT2D eigenvalue weighted by atomic mass is 10.1. The number of aliphatic hydroxyl groups is 1. The number of carbonyl (C=O) groups excluding carboxylic acids is 1. The second-order valence-corrected chi connectivity index (χ2v) is 4.33. The van der Waals surface area contributed by atoms with Crippen molar-refractivity contribution < 1.29 is 19.8 Å². The molecule has 96 valence electrons. The van der Waals surface area contributed by atoms with Gasteiger partial charge in [-0.3, -0.25) is 4.79 Å². The number of aliphatic hydroxyl groups excluding tert-OH is 1. The molecule has 0 aliphatic carbocycles. The first-order valence-electron chi connectivity index (χ1n) is 5.71. The molecule has 0 saturated carbocycles. The predicted molar refractivity (Wildman–Crippen MR) is 62.3 cm³/mol. The summed E-state index contributed by atoms with van der Waals surface area (Å²) in [6.45, 7) is 1.24. The third-order valence-electron chi connectivity index (χ3n) is 3.06. The maximum absolute atomic E-state index is 12.0. The lowest BCUT2D eigenvalue weighted by Crippen LogP contribution is -2.29. The van der Waals surface area contributed by atoms with Crippen molar-refractivity contribution in [2.45, 2.75) is 6.42 Å². The zero-order chi connectivity index (χ0) is 13.1. The van der Waals surface area contributed by atoms with Crippen molar-refractivity contribution in [1.29, 1.82) is 0 Å². The minimum atomic E-state index is -1.12. The minimum Gasteiger partial charge on any atom is -0.477 e. The number of amides is 1. The van der Waals surface area contributed by atoms with Gasteiger partial charge in [-0.15, -0.1) is 0 Å². The molecule has 1 aromatic rings. The van der Waals surface area contributed by atoms with Crippen molar-refractivity contribution in [3.05, 3.63) is 29.6 Å². The summed E-state index contributed by atoms with van der Waals surface area (Å²) in [5.74, 6) is -1.15. The lowest BCUT2D eigenvalue weighted by molar-refractivity contribution is 0.0688. The number of rotatable bonds is 3. The molecule has 0 aromatic carbocycles. The zero-order valence-electron chi connectivity index (χ0n) is 9.74. The van der Waals surface area contributed by atoms with Crippen LogP contribution in [-0.4, -0.2) is 51.7 Å². The van der Waals surface area contributed by atoms with Gasteiger partial charge in [0.15, 0.2) is 0 Å². The van der Waals surface area contributed by atoms with Gasteiger partial charge in [-0.1, -0.05) is 0 Å². The monoisotopic (exact) mass is 250 g/mol. The van der Waals surface area contributed by atoms with E-state index in [2.05, 4.69) is 4.98 Å². The molecule has 2 N–H and O–H groups in total. The smallest absolute Gasteiger partial charge is 0.354 e. The Morgan fingerprint density at radius 3 is 2.72 bits per heavy atom. The van der Waals surface area contributed by atoms with Crippen LogP contribution >= 0.6 is 0 Å². The molecule has 6 heteroatoms. The largest absolute Gasteiger partial charge is 0.477 e. The van der Waals surface area contributed by atoms with Gasteiger partial charge in [0.2, 0.25) is 0 Å². The van der Waals surface area contributed by atoms with E-state index in [0.29, 0.717) is 18.7 Å². The highest BCUT2D eigenvalue weighted by Gasteiger charge is 2.26. The van der Waals surface area contributed by atoms with Crippen LogP contribution in [0.2, 0.25) is 0 Å². The Morgan fingerprint density at radius 1 is 1.44 bits per heavy atom. The molecule has 0 spiro atoms. The maximum Gasteiger partial charge on any atom is 0.354 e. The van der Waals surface area contributed by atoms with E-state index in [9.17, 15) is 9.59 Å². The van der Waals surface area contributed by atoms with E-state index in [0.717, 1.165) is 6.42 Å². The van der Waals surface area contributed by atoms with Crippen molar-refractivity contribution in [2.75, 3.05) is 19.7 Å². The van der Waals surface area contributed by atoms with Crippen LogP contribution in [0.5, 0.6) is 0 Å². The third-order valence-corrected chi connectivity index (χ3v) is 3.06. The van der Waals surface area contributed by atoms with Gasteiger partial charge in [0.1, 0.15) is 5.69 Å². The van der Waals surface area contributed by atoms with Gasteiger partial charge in [0, 0.05) is 31.8 Å². The standard InChI is InChI=1S/C12H14N2O4/c15-7-8-3-4-14(6-8)11(16)9-1-2-10(12(17)18)13-5-9/h1-2,5,8,15H,3-4,6-7H2,(H,17,18). The first-order chi connectivity index (χ1) is 8.61. The molecule has 1 aromatic heterocycles. The summed E-state index contributed by atoms with van der Waals surface area (Å²) in [5.41, 5.74) is 0.291. The molecule has 1 aliphatic rings. The molecule has 1 saturated heterocycles. The number of likely N-dealkylation sites (tertiary alicyclic amines) is 1. The summed E-state index contributed by atoms with van der Waals surface area (Å²) in [7, 11) is 0. The number of nitrogens with zero attached hydrogens (tertiary/aromatic N) is 2. The number of carboxylic acids is 1. The summed E-state index contributed by atoms with van der Waals surface area (Å²) >= 11 is 0. The zero-order valence-corrected chi connectivity index (χ0v) is 9.74. The fraction of sp³-hybridized carbons (Fsp3) is 0.417. The average Bonchev–Trinajstić information content (AvgIpc) is 2.86. The Hall–Kier alpha value is -1.95. The van der Waals surface area contributed by atoms with E-state index >= 15 is 0 Å². The van der Waals surface area contributed by atoms with Gasteiger partial charge >= 0.3 is 5.97 Å².